The number of nitrogens with zero attached hydrogens (tertiary/aromatic N) is 1. The zero-order valence-electron chi connectivity index (χ0n) is 11.6. The van der Waals surface area contributed by atoms with E-state index in [0.29, 0.717) is 31.7 Å². The SMILES string of the molecule is O=C(O)C1CCN(C(=O)CCOc2ccc(F)cc2)CC1. The molecule has 1 aliphatic rings. The summed E-state index contributed by atoms with van der Waals surface area (Å²) >= 11 is 0. The molecule has 0 radical (unpaired) electrons. The first-order chi connectivity index (χ1) is 10.1. The molecule has 2 rings (SSSR count). The van der Waals surface area contributed by atoms with Gasteiger partial charge in [0.25, 0.3) is 0 Å². The number of hydrogen-bond donors (Lipinski definition) is 1. The molecule has 0 aromatic heterocycles. The van der Waals surface area contributed by atoms with Crippen LogP contribution in [0.5, 0.6) is 5.75 Å². The van der Waals surface area contributed by atoms with Gasteiger partial charge in [0.2, 0.25) is 5.91 Å². The number of benzene rings is 1. The number of aliphatic carboxylic acids is 1. The number of carbonyl (C=O) groups is 2. The summed E-state index contributed by atoms with van der Waals surface area (Å²) in [5.74, 6) is -0.985. The number of piperidine rings is 1. The molecule has 21 heavy (non-hydrogen) atoms. The standard InChI is InChI=1S/C15H18FNO4/c16-12-1-3-13(4-2-12)21-10-7-14(18)17-8-5-11(6-9-17)15(19)20/h1-4,11H,5-10H2,(H,19,20). The number of likely N-dealkylation sites (tertiary alicyclic amines) is 1. The van der Waals surface area contributed by atoms with Crippen molar-refractivity contribution in [3.63, 3.8) is 0 Å². The second-order valence-corrected chi connectivity index (χ2v) is 5.05. The van der Waals surface area contributed by atoms with Crippen LogP contribution in [-0.2, 0) is 9.59 Å². The second-order valence-electron chi connectivity index (χ2n) is 5.05. The van der Waals surface area contributed by atoms with E-state index in [1.54, 1.807) is 4.90 Å². The van der Waals surface area contributed by atoms with Crippen LogP contribution in [0.2, 0.25) is 0 Å². The third-order valence-corrected chi connectivity index (χ3v) is 3.60. The van der Waals surface area contributed by atoms with Crippen LogP contribution in [0.4, 0.5) is 4.39 Å². The third-order valence-electron chi connectivity index (χ3n) is 3.60. The lowest BCUT2D eigenvalue weighted by atomic mass is 9.97. The Bertz CT molecular complexity index is 495. The molecule has 1 fully saturated rings. The first kappa shape index (κ1) is 15.3. The van der Waals surface area contributed by atoms with Crippen LogP contribution in [0.25, 0.3) is 0 Å². The van der Waals surface area contributed by atoms with Crippen molar-refractivity contribution in [3.8, 4) is 5.75 Å². The van der Waals surface area contributed by atoms with Gasteiger partial charge in [-0.3, -0.25) is 9.59 Å². The molecule has 0 atom stereocenters. The van der Waals surface area contributed by atoms with Crippen molar-refractivity contribution in [1.82, 2.24) is 4.90 Å². The van der Waals surface area contributed by atoms with Crippen molar-refractivity contribution in [2.24, 2.45) is 5.92 Å². The van der Waals surface area contributed by atoms with Crippen molar-refractivity contribution in [2.45, 2.75) is 19.3 Å². The van der Waals surface area contributed by atoms with E-state index >= 15 is 0 Å². The molecule has 1 aliphatic heterocycles. The first-order valence-corrected chi connectivity index (χ1v) is 6.95. The lowest BCUT2D eigenvalue weighted by Gasteiger charge is -2.30. The van der Waals surface area contributed by atoms with E-state index in [1.165, 1.54) is 24.3 Å². The molecule has 5 nitrogen and oxygen atoms in total. The Morgan fingerprint density at radius 1 is 1.24 bits per heavy atom. The quantitative estimate of drug-likeness (QED) is 0.901. The van der Waals surface area contributed by atoms with Crippen LogP contribution in [0.15, 0.2) is 24.3 Å². The summed E-state index contributed by atoms with van der Waals surface area (Å²) in [5.41, 5.74) is 0. The Labute approximate surface area is 122 Å². The fraction of sp³-hybridized carbons (Fsp3) is 0.467. The molecule has 0 bridgehead atoms. The number of ether oxygens (including phenoxy) is 1. The molecule has 6 heteroatoms. The van der Waals surface area contributed by atoms with Gasteiger partial charge in [-0.2, -0.15) is 0 Å². The highest BCUT2D eigenvalue weighted by Gasteiger charge is 2.26. The minimum absolute atomic E-state index is 0.0408. The minimum Gasteiger partial charge on any atom is -0.493 e. The van der Waals surface area contributed by atoms with Gasteiger partial charge in [0.15, 0.2) is 0 Å². The van der Waals surface area contributed by atoms with Crippen LogP contribution in [0, 0.1) is 11.7 Å². The van der Waals surface area contributed by atoms with Crippen molar-refractivity contribution in [1.29, 1.82) is 0 Å². The van der Waals surface area contributed by atoms with Crippen molar-refractivity contribution < 1.29 is 23.8 Å². The Balaban J connectivity index is 1.70. The molecule has 1 amide bonds. The summed E-state index contributed by atoms with van der Waals surface area (Å²) in [6.07, 6.45) is 1.23. The summed E-state index contributed by atoms with van der Waals surface area (Å²) < 4.78 is 18.1. The Morgan fingerprint density at radius 3 is 2.43 bits per heavy atom. The summed E-state index contributed by atoms with van der Waals surface area (Å²) in [5, 5.41) is 8.90. The zero-order valence-corrected chi connectivity index (χ0v) is 11.6. The molecule has 0 spiro atoms. The summed E-state index contributed by atoms with van der Waals surface area (Å²) in [4.78, 5) is 24.5. The zero-order chi connectivity index (χ0) is 15.2. The van der Waals surface area contributed by atoms with Crippen LogP contribution in [0.1, 0.15) is 19.3 Å². The fourth-order valence-electron chi connectivity index (χ4n) is 2.32. The highest BCUT2D eigenvalue weighted by atomic mass is 19.1. The van der Waals surface area contributed by atoms with E-state index in [-0.39, 0.29) is 30.7 Å². The van der Waals surface area contributed by atoms with Crippen LogP contribution >= 0.6 is 0 Å². The number of halogens is 1. The van der Waals surface area contributed by atoms with Gasteiger partial charge in [-0.05, 0) is 37.1 Å². The van der Waals surface area contributed by atoms with Crippen molar-refractivity contribution >= 4 is 11.9 Å². The number of carboxylic acid groups (broad SMARTS) is 1. The van der Waals surface area contributed by atoms with Gasteiger partial charge in [0.1, 0.15) is 11.6 Å². The average Bonchev–Trinajstić information content (AvgIpc) is 2.49. The highest BCUT2D eigenvalue weighted by molar-refractivity contribution is 5.77. The number of hydrogen-bond acceptors (Lipinski definition) is 3. The third kappa shape index (κ3) is 4.44. The fourth-order valence-corrected chi connectivity index (χ4v) is 2.32. The molecule has 1 aromatic carbocycles. The molecule has 0 saturated carbocycles. The number of carbonyl (C=O) groups excluding carboxylic acids is 1. The number of carboxylic acids is 1. The van der Waals surface area contributed by atoms with E-state index in [1.807, 2.05) is 0 Å². The van der Waals surface area contributed by atoms with Gasteiger partial charge in [-0.1, -0.05) is 0 Å². The summed E-state index contributed by atoms with van der Waals surface area (Å²) in [7, 11) is 0. The Kier molecular flexibility index (Phi) is 5.14. The second kappa shape index (κ2) is 7.06. The lowest BCUT2D eigenvalue weighted by molar-refractivity contribution is -0.145. The van der Waals surface area contributed by atoms with E-state index in [4.69, 9.17) is 9.84 Å². The van der Waals surface area contributed by atoms with Gasteiger partial charge in [-0.25, -0.2) is 4.39 Å². The molecule has 0 aliphatic carbocycles. The smallest absolute Gasteiger partial charge is 0.306 e. The van der Waals surface area contributed by atoms with Gasteiger partial charge in [0, 0.05) is 13.1 Å². The number of amides is 1. The largest absolute Gasteiger partial charge is 0.493 e. The maximum atomic E-state index is 12.7. The molecule has 1 heterocycles. The molecule has 1 aromatic rings. The first-order valence-electron chi connectivity index (χ1n) is 6.95. The van der Waals surface area contributed by atoms with Gasteiger partial charge in [-0.15, -0.1) is 0 Å². The Hall–Kier alpha value is -2.11. The predicted molar refractivity (Wildman–Crippen MR) is 73.5 cm³/mol. The van der Waals surface area contributed by atoms with Crippen LogP contribution < -0.4 is 4.74 Å². The van der Waals surface area contributed by atoms with Gasteiger partial charge in [0.05, 0.1) is 18.9 Å². The molecule has 1 N–H and O–H groups in total. The van der Waals surface area contributed by atoms with Crippen LogP contribution in [-0.4, -0.2) is 41.6 Å². The van der Waals surface area contributed by atoms with E-state index < -0.39 is 5.97 Å². The maximum absolute atomic E-state index is 12.7. The normalized spacial score (nSPS) is 15.8. The Morgan fingerprint density at radius 2 is 1.86 bits per heavy atom. The van der Waals surface area contributed by atoms with Gasteiger partial charge >= 0.3 is 5.97 Å². The monoisotopic (exact) mass is 295 g/mol. The topological polar surface area (TPSA) is 66.8 Å². The molecule has 0 unspecified atom stereocenters. The molecular weight excluding hydrogens is 277 g/mol. The summed E-state index contributed by atoms with van der Waals surface area (Å²) in [6, 6.07) is 5.62. The highest BCUT2D eigenvalue weighted by Crippen LogP contribution is 2.18. The predicted octanol–water partition coefficient (Wildman–Crippen LogP) is 1.92. The average molecular weight is 295 g/mol. The van der Waals surface area contributed by atoms with Crippen LogP contribution in [0.3, 0.4) is 0 Å². The van der Waals surface area contributed by atoms with E-state index in [0.717, 1.165) is 0 Å². The molecular formula is C15H18FNO4. The van der Waals surface area contributed by atoms with Crippen molar-refractivity contribution in [2.75, 3.05) is 19.7 Å². The minimum atomic E-state index is -0.790. The van der Waals surface area contributed by atoms with Gasteiger partial charge < -0.3 is 14.7 Å². The summed E-state index contributed by atoms with van der Waals surface area (Å²) in [6.45, 7) is 1.18. The van der Waals surface area contributed by atoms with E-state index in [9.17, 15) is 14.0 Å². The van der Waals surface area contributed by atoms with E-state index in [2.05, 4.69) is 0 Å². The molecule has 1 saturated heterocycles. The lowest BCUT2D eigenvalue weighted by Crippen LogP contribution is -2.40. The number of rotatable bonds is 5. The van der Waals surface area contributed by atoms with Crippen molar-refractivity contribution in [3.05, 3.63) is 30.1 Å². The molecule has 114 valence electrons. The maximum Gasteiger partial charge on any atom is 0.306 e.